The summed E-state index contributed by atoms with van der Waals surface area (Å²) in [5.41, 5.74) is 1.02. The lowest BCUT2D eigenvalue weighted by molar-refractivity contribution is -0.137. The predicted octanol–water partition coefficient (Wildman–Crippen LogP) is 5.49. The lowest BCUT2D eigenvalue weighted by Crippen LogP contribution is -2.16. The summed E-state index contributed by atoms with van der Waals surface area (Å²) in [6, 6.07) is 16.9. The zero-order valence-corrected chi connectivity index (χ0v) is 18.8. The van der Waals surface area contributed by atoms with Crippen LogP contribution >= 0.6 is 0 Å². The lowest BCUT2D eigenvalue weighted by atomic mass is 10.0. The third kappa shape index (κ3) is 4.24. The van der Waals surface area contributed by atoms with Crippen molar-refractivity contribution in [2.45, 2.75) is 6.18 Å². The van der Waals surface area contributed by atoms with Gasteiger partial charge in [-0.15, -0.1) is 0 Å². The number of alkyl halides is 3. The Labute approximate surface area is 202 Å². The molecule has 5 aromatic rings. The zero-order chi connectivity index (χ0) is 25.4. The number of carbonyl (C=O) groups excluding carboxylic acids is 2. The Morgan fingerprint density at radius 1 is 1.00 bits per heavy atom. The van der Waals surface area contributed by atoms with Crippen molar-refractivity contribution in [1.29, 1.82) is 0 Å². The van der Waals surface area contributed by atoms with Gasteiger partial charge in [0.25, 0.3) is 5.91 Å². The van der Waals surface area contributed by atoms with Crippen LogP contribution in [-0.2, 0) is 13.2 Å². The van der Waals surface area contributed by atoms with Crippen LogP contribution in [0.3, 0.4) is 0 Å². The van der Waals surface area contributed by atoms with Crippen LogP contribution in [-0.4, -0.2) is 31.4 Å². The molecule has 0 fully saturated rings. The normalized spacial score (nSPS) is 11.6. The molecule has 3 aromatic heterocycles. The van der Waals surface area contributed by atoms with Crippen molar-refractivity contribution in [3.05, 3.63) is 95.8 Å². The number of carbonyl (C=O) groups is 2. The summed E-state index contributed by atoms with van der Waals surface area (Å²) in [6.07, 6.45) is -0.808. The Kier molecular flexibility index (Phi) is 5.63. The number of nitrogens with one attached hydrogen (secondary N) is 1. The molecule has 1 N–H and O–H groups in total. The quantitative estimate of drug-likeness (QED) is 0.331. The molecule has 0 aliphatic rings. The van der Waals surface area contributed by atoms with E-state index >= 15 is 0 Å². The molecule has 0 atom stereocenters. The molecule has 180 valence electrons. The van der Waals surface area contributed by atoms with E-state index in [1.165, 1.54) is 23.0 Å². The van der Waals surface area contributed by atoms with Gasteiger partial charge in [-0.3, -0.25) is 18.7 Å². The summed E-state index contributed by atoms with van der Waals surface area (Å²) in [7, 11) is 1.60. The van der Waals surface area contributed by atoms with E-state index in [-0.39, 0.29) is 16.8 Å². The predicted molar refractivity (Wildman–Crippen MR) is 128 cm³/mol. The standard InChI is InChI=1S/C26H18F3N5O2/c1-33-11-10-21(32-33)19-14-18(7-8-20(19)26(27,28)29)25(36)31-24-23(17-5-3-2-4-6-17)30-22-13-16(15-35)9-12-34(22)24/h2-15H,1H3,(H,31,36). The fourth-order valence-electron chi connectivity index (χ4n) is 3.93. The number of rotatable bonds is 5. The van der Waals surface area contributed by atoms with E-state index in [9.17, 15) is 22.8 Å². The van der Waals surface area contributed by atoms with Crippen molar-refractivity contribution >= 4 is 23.7 Å². The topological polar surface area (TPSA) is 81.3 Å². The van der Waals surface area contributed by atoms with Crippen LogP contribution in [0.2, 0.25) is 0 Å². The lowest BCUT2D eigenvalue weighted by Gasteiger charge is -2.14. The minimum absolute atomic E-state index is 0.0159. The summed E-state index contributed by atoms with van der Waals surface area (Å²) in [5, 5.41) is 6.88. The maximum absolute atomic E-state index is 13.7. The Bertz CT molecular complexity index is 1600. The van der Waals surface area contributed by atoms with Crippen LogP contribution in [0.25, 0.3) is 28.2 Å². The van der Waals surface area contributed by atoms with Gasteiger partial charge in [0, 0.05) is 41.7 Å². The molecule has 5 rings (SSSR count). The molecule has 0 bridgehead atoms. The van der Waals surface area contributed by atoms with Crippen LogP contribution < -0.4 is 5.32 Å². The fourth-order valence-corrected chi connectivity index (χ4v) is 3.93. The van der Waals surface area contributed by atoms with E-state index < -0.39 is 17.6 Å². The highest BCUT2D eigenvalue weighted by Crippen LogP contribution is 2.37. The summed E-state index contributed by atoms with van der Waals surface area (Å²) < 4.78 is 44.1. The number of aldehydes is 1. The minimum atomic E-state index is -4.62. The molecule has 0 radical (unpaired) electrons. The average Bonchev–Trinajstić information content (AvgIpc) is 3.46. The van der Waals surface area contributed by atoms with Crippen LogP contribution in [0.5, 0.6) is 0 Å². The molecule has 7 nitrogen and oxygen atoms in total. The highest BCUT2D eigenvalue weighted by atomic mass is 19.4. The summed E-state index contributed by atoms with van der Waals surface area (Å²) in [4.78, 5) is 29.1. The van der Waals surface area contributed by atoms with Gasteiger partial charge in [0.2, 0.25) is 0 Å². The van der Waals surface area contributed by atoms with Gasteiger partial charge in [0.05, 0.1) is 11.3 Å². The number of anilines is 1. The smallest absolute Gasteiger partial charge is 0.306 e. The second kappa shape index (κ2) is 8.81. The van der Waals surface area contributed by atoms with Crippen LogP contribution in [0.1, 0.15) is 26.3 Å². The van der Waals surface area contributed by atoms with Crippen molar-refractivity contribution in [1.82, 2.24) is 19.2 Å². The number of imidazole rings is 1. The molecule has 0 aliphatic heterocycles. The maximum Gasteiger partial charge on any atom is 0.417 e. The van der Waals surface area contributed by atoms with Gasteiger partial charge in [-0.2, -0.15) is 18.3 Å². The van der Waals surface area contributed by atoms with Gasteiger partial charge < -0.3 is 5.32 Å². The largest absolute Gasteiger partial charge is 0.417 e. The molecular weight excluding hydrogens is 471 g/mol. The molecule has 0 saturated heterocycles. The van der Waals surface area contributed by atoms with Gasteiger partial charge in [0.1, 0.15) is 23.4 Å². The molecule has 1 amide bonds. The SMILES string of the molecule is Cn1ccc(-c2cc(C(=O)Nc3c(-c4ccccc4)nc4cc(C=O)ccn34)ccc2C(F)(F)F)n1. The molecule has 0 spiro atoms. The first-order valence-corrected chi connectivity index (χ1v) is 10.8. The van der Waals surface area contributed by atoms with E-state index in [2.05, 4.69) is 15.4 Å². The summed E-state index contributed by atoms with van der Waals surface area (Å²) in [5.74, 6) is -0.308. The Hall–Kier alpha value is -4.73. The second-order valence-corrected chi connectivity index (χ2v) is 8.07. The number of aromatic nitrogens is 4. The summed E-state index contributed by atoms with van der Waals surface area (Å²) >= 11 is 0. The van der Waals surface area contributed by atoms with Gasteiger partial charge in [-0.25, -0.2) is 4.98 Å². The van der Waals surface area contributed by atoms with E-state index in [0.717, 1.165) is 12.1 Å². The molecule has 0 saturated carbocycles. The Morgan fingerprint density at radius 2 is 1.78 bits per heavy atom. The van der Waals surface area contributed by atoms with Crippen LogP contribution in [0.4, 0.5) is 19.0 Å². The van der Waals surface area contributed by atoms with Crippen molar-refractivity contribution in [3.8, 4) is 22.5 Å². The molecule has 36 heavy (non-hydrogen) atoms. The third-order valence-electron chi connectivity index (χ3n) is 5.64. The summed E-state index contributed by atoms with van der Waals surface area (Å²) in [6.45, 7) is 0. The van der Waals surface area contributed by atoms with Crippen molar-refractivity contribution in [2.75, 3.05) is 5.32 Å². The Morgan fingerprint density at radius 3 is 2.44 bits per heavy atom. The highest BCUT2D eigenvalue weighted by molar-refractivity contribution is 6.06. The number of aryl methyl sites for hydroxylation is 1. The zero-order valence-electron chi connectivity index (χ0n) is 18.8. The van der Waals surface area contributed by atoms with Crippen molar-refractivity contribution in [2.24, 2.45) is 7.05 Å². The Balaban J connectivity index is 1.60. The van der Waals surface area contributed by atoms with Gasteiger partial charge in [-0.1, -0.05) is 30.3 Å². The number of amides is 1. The highest BCUT2D eigenvalue weighted by Gasteiger charge is 2.34. The van der Waals surface area contributed by atoms with Gasteiger partial charge in [-0.05, 0) is 36.4 Å². The molecular formula is C26H18F3N5O2. The van der Waals surface area contributed by atoms with Crippen LogP contribution in [0, 0.1) is 0 Å². The number of benzene rings is 2. The maximum atomic E-state index is 13.7. The number of nitrogens with zero attached hydrogens (tertiary/aromatic N) is 4. The van der Waals surface area contributed by atoms with E-state index in [1.807, 2.05) is 30.3 Å². The van der Waals surface area contributed by atoms with E-state index in [0.29, 0.717) is 34.6 Å². The molecule has 10 heteroatoms. The first-order chi connectivity index (χ1) is 17.2. The first-order valence-electron chi connectivity index (χ1n) is 10.8. The van der Waals surface area contributed by atoms with Crippen molar-refractivity contribution < 1.29 is 22.8 Å². The third-order valence-corrected chi connectivity index (χ3v) is 5.64. The second-order valence-electron chi connectivity index (χ2n) is 8.07. The number of fused-ring (bicyclic) bond motifs is 1. The molecule has 0 unspecified atom stereocenters. The van der Waals surface area contributed by atoms with Crippen molar-refractivity contribution in [3.63, 3.8) is 0 Å². The minimum Gasteiger partial charge on any atom is -0.306 e. The van der Waals surface area contributed by atoms with Gasteiger partial charge in [0.15, 0.2) is 0 Å². The molecule has 2 aromatic carbocycles. The molecule has 3 heterocycles. The number of hydrogen-bond acceptors (Lipinski definition) is 4. The number of hydrogen-bond donors (Lipinski definition) is 1. The first kappa shape index (κ1) is 23.0. The van der Waals surface area contributed by atoms with E-state index in [4.69, 9.17) is 0 Å². The van der Waals surface area contributed by atoms with Crippen LogP contribution in [0.15, 0.2) is 79.1 Å². The molecule has 0 aliphatic carbocycles. The van der Waals surface area contributed by atoms with Gasteiger partial charge >= 0.3 is 6.18 Å². The fraction of sp³-hybridized carbons (Fsp3) is 0.0769. The average molecular weight is 489 g/mol. The number of halogens is 3. The monoisotopic (exact) mass is 489 g/mol. The van der Waals surface area contributed by atoms with E-state index in [1.54, 1.807) is 29.8 Å². The number of pyridine rings is 1.